The van der Waals surface area contributed by atoms with Crippen molar-refractivity contribution in [2.75, 3.05) is 19.8 Å². The molecule has 0 spiro atoms. The first kappa shape index (κ1) is 17.3. The third-order valence-electron chi connectivity index (χ3n) is 4.10. The first-order valence-corrected chi connectivity index (χ1v) is 7.92. The average molecular weight is 349 g/mol. The number of hydrogen-bond donors (Lipinski definition) is 0. The Balaban J connectivity index is 1.68. The Bertz CT molecular complexity index is 760. The van der Waals surface area contributed by atoms with E-state index in [0.717, 1.165) is 12.1 Å². The summed E-state index contributed by atoms with van der Waals surface area (Å²) in [6.07, 6.45) is 1.43. The number of morpholine rings is 1. The fourth-order valence-corrected chi connectivity index (χ4v) is 2.83. The third kappa shape index (κ3) is 4.11. The molecule has 5 nitrogen and oxygen atoms in total. The lowest BCUT2D eigenvalue weighted by Crippen LogP contribution is -2.50. The molecule has 0 radical (unpaired) electrons. The smallest absolute Gasteiger partial charge is 0.227 e. The Kier molecular flexibility index (Phi) is 5.23. The molecule has 25 heavy (non-hydrogen) atoms. The molecule has 1 aromatic carbocycles. The maximum absolute atomic E-state index is 13.3. The van der Waals surface area contributed by atoms with Crippen molar-refractivity contribution in [1.29, 1.82) is 0 Å². The van der Waals surface area contributed by atoms with Crippen LogP contribution in [-0.4, -0.2) is 42.4 Å². The topological polar surface area (TPSA) is 59.8 Å². The zero-order valence-corrected chi connectivity index (χ0v) is 13.4. The van der Waals surface area contributed by atoms with Crippen LogP contribution in [0, 0.1) is 11.6 Å². The van der Waals surface area contributed by atoms with Crippen LogP contribution in [0.2, 0.25) is 0 Å². The van der Waals surface area contributed by atoms with Crippen molar-refractivity contribution in [1.82, 2.24) is 4.90 Å². The van der Waals surface area contributed by atoms with Crippen LogP contribution in [0.15, 0.2) is 41.0 Å². The summed E-state index contributed by atoms with van der Waals surface area (Å²) in [5.74, 6) is -2.18. The standard InChI is InChI=1S/C18H17F2NO4/c19-14-4-3-12(8-15(14)20)9-18(23)21-5-7-24-11-13(21)10-16(22)17-2-1-6-25-17/h1-4,6,8,13H,5,7,9-11H2/t13-/m1/s1. The second-order valence-electron chi connectivity index (χ2n) is 5.85. The van der Waals surface area contributed by atoms with Gasteiger partial charge in [-0.25, -0.2) is 8.78 Å². The summed E-state index contributed by atoms with van der Waals surface area (Å²) in [5.41, 5.74) is 0.381. The quantitative estimate of drug-likeness (QED) is 0.779. The van der Waals surface area contributed by atoms with Crippen molar-refractivity contribution in [3.05, 3.63) is 59.6 Å². The Hall–Kier alpha value is -2.54. The van der Waals surface area contributed by atoms with Gasteiger partial charge in [-0.3, -0.25) is 9.59 Å². The van der Waals surface area contributed by atoms with E-state index in [1.807, 2.05) is 0 Å². The molecule has 132 valence electrons. The van der Waals surface area contributed by atoms with Crippen molar-refractivity contribution in [2.45, 2.75) is 18.9 Å². The van der Waals surface area contributed by atoms with Crippen LogP contribution >= 0.6 is 0 Å². The molecule has 1 aliphatic heterocycles. The molecule has 2 aromatic rings. The average Bonchev–Trinajstić information content (AvgIpc) is 3.13. The van der Waals surface area contributed by atoms with Crippen molar-refractivity contribution < 1.29 is 27.5 Å². The molecule has 0 saturated carbocycles. The minimum Gasteiger partial charge on any atom is -0.461 e. The number of halogens is 2. The zero-order chi connectivity index (χ0) is 17.8. The first-order chi connectivity index (χ1) is 12.0. The summed E-state index contributed by atoms with van der Waals surface area (Å²) < 4.78 is 36.8. The fourth-order valence-electron chi connectivity index (χ4n) is 2.83. The predicted molar refractivity (Wildman–Crippen MR) is 84.0 cm³/mol. The van der Waals surface area contributed by atoms with Gasteiger partial charge in [-0.1, -0.05) is 6.07 Å². The number of furan rings is 1. The van der Waals surface area contributed by atoms with Gasteiger partial charge in [0.1, 0.15) is 0 Å². The van der Waals surface area contributed by atoms with Crippen LogP contribution in [0.25, 0.3) is 0 Å². The number of hydrogen-bond acceptors (Lipinski definition) is 4. The highest BCUT2D eigenvalue weighted by Gasteiger charge is 2.30. The molecule has 0 N–H and O–H groups in total. The van der Waals surface area contributed by atoms with Crippen molar-refractivity contribution in [3.8, 4) is 0 Å². The summed E-state index contributed by atoms with van der Waals surface area (Å²) in [5, 5.41) is 0. The van der Waals surface area contributed by atoms with Crippen LogP contribution in [0.4, 0.5) is 8.78 Å². The van der Waals surface area contributed by atoms with Gasteiger partial charge in [-0.2, -0.15) is 0 Å². The second kappa shape index (κ2) is 7.57. The van der Waals surface area contributed by atoms with E-state index >= 15 is 0 Å². The van der Waals surface area contributed by atoms with Gasteiger partial charge in [0.05, 0.1) is 31.9 Å². The van der Waals surface area contributed by atoms with Gasteiger partial charge in [0, 0.05) is 13.0 Å². The molecule has 0 unspecified atom stereocenters. The van der Waals surface area contributed by atoms with Crippen LogP contribution in [0.1, 0.15) is 22.5 Å². The zero-order valence-electron chi connectivity index (χ0n) is 13.4. The van der Waals surface area contributed by atoms with E-state index in [9.17, 15) is 18.4 Å². The summed E-state index contributed by atoms with van der Waals surface area (Å²) in [6, 6.07) is 6.16. The molecule has 1 aromatic heterocycles. The molecule has 1 saturated heterocycles. The first-order valence-electron chi connectivity index (χ1n) is 7.92. The monoisotopic (exact) mass is 349 g/mol. The van der Waals surface area contributed by atoms with Gasteiger partial charge in [0.15, 0.2) is 23.2 Å². The van der Waals surface area contributed by atoms with E-state index in [2.05, 4.69) is 0 Å². The van der Waals surface area contributed by atoms with E-state index in [0.29, 0.717) is 18.7 Å². The van der Waals surface area contributed by atoms with E-state index in [1.165, 1.54) is 12.3 Å². The van der Waals surface area contributed by atoms with Gasteiger partial charge in [-0.05, 0) is 29.8 Å². The van der Waals surface area contributed by atoms with Gasteiger partial charge in [-0.15, -0.1) is 0 Å². The van der Waals surface area contributed by atoms with Crippen molar-refractivity contribution >= 4 is 11.7 Å². The van der Waals surface area contributed by atoms with Gasteiger partial charge < -0.3 is 14.1 Å². The summed E-state index contributed by atoms with van der Waals surface area (Å²) >= 11 is 0. The van der Waals surface area contributed by atoms with Crippen LogP contribution < -0.4 is 0 Å². The minimum absolute atomic E-state index is 0.0668. The fraction of sp³-hybridized carbons (Fsp3) is 0.333. The van der Waals surface area contributed by atoms with Crippen LogP contribution in [0.3, 0.4) is 0 Å². The normalized spacial score (nSPS) is 17.5. The van der Waals surface area contributed by atoms with Crippen molar-refractivity contribution in [2.24, 2.45) is 0 Å². The van der Waals surface area contributed by atoms with Gasteiger partial charge >= 0.3 is 0 Å². The highest BCUT2D eigenvalue weighted by atomic mass is 19.2. The number of ketones is 1. The maximum atomic E-state index is 13.3. The molecule has 1 amide bonds. The van der Waals surface area contributed by atoms with Crippen molar-refractivity contribution in [3.63, 3.8) is 0 Å². The Morgan fingerprint density at radius 2 is 2.04 bits per heavy atom. The number of rotatable bonds is 5. The van der Waals surface area contributed by atoms with Gasteiger partial charge in [0.2, 0.25) is 5.91 Å². The number of amides is 1. The molecule has 1 aliphatic rings. The number of carbonyl (C=O) groups is 2. The molecule has 0 bridgehead atoms. The maximum Gasteiger partial charge on any atom is 0.227 e. The van der Waals surface area contributed by atoms with Crippen LogP contribution in [-0.2, 0) is 16.0 Å². The molecule has 7 heteroatoms. The lowest BCUT2D eigenvalue weighted by Gasteiger charge is -2.35. The number of nitrogens with zero attached hydrogens (tertiary/aromatic N) is 1. The molecule has 2 heterocycles. The summed E-state index contributed by atoms with van der Waals surface area (Å²) in [4.78, 5) is 26.3. The highest BCUT2D eigenvalue weighted by molar-refractivity contribution is 5.94. The highest BCUT2D eigenvalue weighted by Crippen LogP contribution is 2.17. The van der Waals surface area contributed by atoms with E-state index in [-0.39, 0.29) is 36.9 Å². The SMILES string of the molecule is O=C(C[C@@H]1COCCN1C(=O)Cc1ccc(F)c(F)c1)c1ccco1. The molecule has 0 aliphatic carbocycles. The predicted octanol–water partition coefficient (Wildman–Crippen LogP) is 2.60. The third-order valence-corrected chi connectivity index (χ3v) is 4.10. The number of benzene rings is 1. The summed E-state index contributed by atoms with van der Waals surface area (Å²) in [7, 11) is 0. The van der Waals surface area contributed by atoms with E-state index in [1.54, 1.807) is 17.0 Å². The molecular weight excluding hydrogens is 332 g/mol. The minimum atomic E-state index is -0.989. The van der Waals surface area contributed by atoms with E-state index in [4.69, 9.17) is 9.15 Å². The number of carbonyl (C=O) groups excluding carboxylic acids is 2. The lowest BCUT2D eigenvalue weighted by atomic mass is 10.0. The number of ether oxygens (including phenoxy) is 1. The molecular formula is C18H17F2NO4. The summed E-state index contributed by atoms with van der Waals surface area (Å²) in [6.45, 7) is 0.962. The Morgan fingerprint density at radius 3 is 2.76 bits per heavy atom. The Labute approximate surface area is 143 Å². The van der Waals surface area contributed by atoms with Gasteiger partial charge in [0.25, 0.3) is 0 Å². The molecule has 1 atom stereocenters. The Morgan fingerprint density at radius 1 is 1.20 bits per heavy atom. The second-order valence-corrected chi connectivity index (χ2v) is 5.85. The lowest BCUT2D eigenvalue weighted by molar-refractivity contribution is -0.138. The van der Waals surface area contributed by atoms with E-state index < -0.39 is 17.7 Å². The largest absolute Gasteiger partial charge is 0.461 e. The number of Topliss-reactive ketones (excluding diaryl/α,β-unsaturated/α-hetero) is 1. The molecule has 3 rings (SSSR count). The van der Waals surface area contributed by atoms with Crippen LogP contribution in [0.5, 0.6) is 0 Å². The molecule has 1 fully saturated rings.